The molecule has 266 valence electrons. The second-order valence-corrected chi connectivity index (χ2v) is 15.0. The third-order valence-electron chi connectivity index (χ3n) is 10.8. The Labute approximate surface area is 339 Å². The van der Waals surface area contributed by atoms with Crippen LogP contribution in [0.4, 0.5) is 0 Å². The summed E-state index contributed by atoms with van der Waals surface area (Å²) in [5.74, 6) is 1.39. The van der Waals surface area contributed by atoms with Crippen molar-refractivity contribution in [1.29, 1.82) is 0 Å². The Morgan fingerprint density at radius 2 is 1.04 bits per heavy atom. The van der Waals surface area contributed by atoms with Gasteiger partial charge in [0, 0.05) is 64.0 Å². The van der Waals surface area contributed by atoms with Gasteiger partial charge in [-0.3, -0.25) is 4.57 Å². The molecule has 0 aliphatic carbocycles. The zero-order valence-electron chi connectivity index (χ0n) is 36.1. The van der Waals surface area contributed by atoms with Crippen molar-refractivity contribution in [3.8, 4) is 45.5 Å². The number of thiophene rings is 1. The van der Waals surface area contributed by atoms with Crippen LogP contribution in [-0.4, -0.2) is 24.1 Å². The highest BCUT2D eigenvalue weighted by molar-refractivity contribution is 7.26. The minimum absolute atomic E-state index is 0.0246. The zero-order chi connectivity index (χ0) is 42.7. The molecular weight excluding hydrogens is 715 g/mol. The van der Waals surface area contributed by atoms with Gasteiger partial charge >= 0.3 is 0 Å². The minimum Gasteiger partial charge on any atom is -0.309 e. The number of benzene rings is 8. The molecule has 0 fully saturated rings. The number of nitrogens with zero attached hydrogens (tertiary/aromatic N) is 5. The van der Waals surface area contributed by atoms with Crippen LogP contribution < -0.4 is 0 Å². The Morgan fingerprint density at radius 1 is 0.421 bits per heavy atom. The van der Waals surface area contributed by atoms with Crippen molar-refractivity contribution in [1.82, 2.24) is 24.1 Å². The second kappa shape index (κ2) is 12.6. The van der Waals surface area contributed by atoms with Crippen LogP contribution in [0.15, 0.2) is 188 Å². The average Bonchev–Trinajstić information content (AvgIpc) is 3.99. The lowest BCUT2D eigenvalue weighted by Gasteiger charge is -2.17. The summed E-state index contributed by atoms with van der Waals surface area (Å²) in [6.45, 7) is 0. The Morgan fingerprint density at radius 3 is 1.75 bits per heavy atom. The summed E-state index contributed by atoms with van der Waals surface area (Å²) in [5, 5.41) is 4.76. The second-order valence-electron chi connectivity index (χ2n) is 13.9. The first-order chi connectivity index (χ1) is 30.7. The molecule has 5 nitrogen and oxygen atoms in total. The summed E-state index contributed by atoms with van der Waals surface area (Å²) in [5.41, 5.74) is 6.24. The summed E-state index contributed by atoms with van der Waals surface area (Å²) in [6, 6.07) is 48.7. The first-order valence-corrected chi connectivity index (χ1v) is 19.4. The number of fused-ring (bicyclic) bond motifs is 9. The van der Waals surface area contributed by atoms with Crippen LogP contribution in [0, 0.1) is 0 Å². The third-order valence-corrected chi connectivity index (χ3v) is 12.0. The van der Waals surface area contributed by atoms with E-state index in [9.17, 15) is 2.74 Å². The van der Waals surface area contributed by atoms with Gasteiger partial charge in [0.25, 0.3) is 0 Å². The van der Waals surface area contributed by atoms with Gasteiger partial charge in [0.2, 0.25) is 5.95 Å². The van der Waals surface area contributed by atoms with E-state index in [-0.39, 0.29) is 58.1 Å². The SMILES string of the molecule is [2H]c1cc([2H])c2c(c1[2H])c1c([2H])c([2H])cc([2H])c1n2-c1ccc(-c2nc(-c3ccccc3)nc(-n3c4ccccc4c4ccccc43)n2)cc1-c1cccc2c1sc1ccccc12. The molecule has 12 rings (SSSR count). The number of hydrogen-bond acceptors (Lipinski definition) is 4. The number of hydrogen-bond donors (Lipinski definition) is 0. The van der Waals surface area contributed by atoms with E-state index in [1.807, 2.05) is 91.0 Å². The van der Waals surface area contributed by atoms with Gasteiger partial charge in [-0.25, -0.2) is 4.98 Å². The third kappa shape index (κ3) is 4.91. The van der Waals surface area contributed by atoms with Crippen molar-refractivity contribution in [3.63, 3.8) is 0 Å². The molecule has 8 aromatic carbocycles. The van der Waals surface area contributed by atoms with Crippen LogP contribution in [0.3, 0.4) is 0 Å². The molecule has 0 unspecified atom stereocenters. The maximum Gasteiger partial charge on any atom is 0.238 e. The lowest BCUT2D eigenvalue weighted by Crippen LogP contribution is -2.06. The number of para-hydroxylation sites is 4. The van der Waals surface area contributed by atoms with Crippen molar-refractivity contribution in [3.05, 3.63) is 188 Å². The topological polar surface area (TPSA) is 48.5 Å². The highest BCUT2D eigenvalue weighted by Gasteiger charge is 2.22. The van der Waals surface area contributed by atoms with Crippen LogP contribution in [0.25, 0.3) is 109 Å². The van der Waals surface area contributed by atoms with E-state index in [4.69, 9.17) is 20.4 Å². The molecule has 0 radical (unpaired) electrons. The molecule has 4 aromatic heterocycles. The van der Waals surface area contributed by atoms with Gasteiger partial charge in [-0.15, -0.1) is 11.3 Å². The smallest absolute Gasteiger partial charge is 0.238 e. The van der Waals surface area contributed by atoms with Gasteiger partial charge in [-0.1, -0.05) is 139 Å². The molecule has 0 amide bonds. The summed E-state index contributed by atoms with van der Waals surface area (Å²) >= 11 is 1.68. The van der Waals surface area contributed by atoms with Crippen LogP contribution in [0.1, 0.15) is 8.22 Å². The predicted molar refractivity (Wildman–Crippen MR) is 238 cm³/mol. The first-order valence-electron chi connectivity index (χ1n) is 21.6. The van der Waals surface area contributed by atoms with E-state index in [0.717, 1.165) is 58.7 Å². The van der Waals surface area contributed by atoms with Crippen LogP contribution in [0.5, 0.6) is 0 Å². The van der Waals surface area contributed by atoms with Gasteiger partial charge in [-0.05, 0) is 48.5 Å². The molecule has 6 heteroatoms. The fraction of sp³-hybridized carbons (Fsp3) is 0. The number of rotatable bonds is 5. The fourth-order valence-electron chi connectivity index (χ4n) is 8.25. The molecule has 57 heavy (non-hydrogen) atoms. The molecule has 0 aliphatic rings. The van der Waals surface area contributed by atoms with E-state index >= 15 is 0 Å². The molecule has 0 bridgehead atoms. The van der Waals surface area contributed by atoms with Crippen molar-refractivity contribution < 1.29 is 8.22 Å². The quantitative estimate of drug-likeness (QED) is 0.176. The van der Waals surface area contributed by atoms with E-state index < -0.39 is 0 Å². The van der Waals surface area contributed by atoms with E-state index in [1.165, 1.54) is 12.1 Å². The van der Waals surface area contributed by atoms with Crippen LogP contribution >= 0.6 is 11.3 Å². The summed E-state index contributed by atoms with van der Waals surface area (Å²) in [4.78, 5) is 15.5. The highest BCUT2D eigenvalue weighted by atomic mass is 32.1. The van der Waals surface area contributed by atoms with E-state index in [2.05, 4.69) is 53.1 Å². The maximum atomic E-state index is 9.27. The predicted octanol–water partition coefficient (Wildman–Crippen LogP) is 13.4. The molecule has 12 aromatic rings. The lowest BCUT2D eigenvalue weighted by atomic mass is 9.98. The van der Waals surface area contributed by atoms with Crippen LogP contribution in [0.2, 0.25) is 0 Å². The molecule has 0 saturated carbocycles. The Hall–Kier alpha value is -7.41. The summed E-state index contributed by atoms with van der Waals surface area (Å²) in [6.07, 6.45) is 0. The van der Waals surface area contributed by atoms with Gasteiger partial charge in [0.05, 0.1) is 36.0 Å². The summed E-state index contributed by atoms with van der Waals surface area (Å²) < 4.78 is 59.9. The van der Waals surface area contributed by atoms with E-state index in [1.54, 1.807) is 15.9 Å². The van der Waals surface area contributed by atoms with Gasteiger partial charge < -0.3 is 4.57 Å². The van der Waals surface area contributed by atoms with Crippen molar-refractivity contribution in [2.24, 2.45) is 0 Å². The normalized spacial score (nSPS) is 13.3. The van der Waals surface area contributed by atoms with E-state index in [0.29, 0.717) is 28.8 Å². The van der Waals surface area contributed by atoms with Gasteiger partial charge in [0.15, 0.2) is 11.6 Å². The number of aromatic nitrogens is 5. The minimum atomic E-state index is -0.165. The first kappa shape index (κ1) is 26.4. The molecule has 0 aliphatic heterocycles. The molecule has 0 atom stereocenters. The average molecular weight is 752 g/mol. The molecule has 0 spiro atoms. The fourth-order valence-corrected chi connectivity index (χ4v) is 9.48. The summed E-state index contributed by atoms with van der Waals surface area (Å²) in [7, 11) is 0. The van der Waals surface area contributed by atoms with Crippen molar-refractivity contribution in [2.45, 2.75) is 0 Å². The van der Waals surface area contributed by atoms with Crippen LogP contribution in [-0.2, 0) is 0 Å². The highest BCUT2D eigenvalue weighted by Crippen LogP contribution is 2.44. The van der Waals surface area contributed by atoms with Crippen molar-refractivity contribution in [2.75, 3.05) is 0 Å². The zero-order valence-corrected chi connectivity index (χ0v) is 30.9. The maximum absolute atomic E-state index is 9.27. The standard InChI is InChI=1S/C51H31N5S/c1-2-15-32(16-3-1)49-52-50(54-51(53-49)56-44-26-11-6-19-36(44)37-20-7-12-27-45(37)56)33-29-30-46(55-42-24-9-4-17-34(42)35-18-5-10-25-43(35)55)41(31-33)40-23-14-22-39-38-21-8-13-28-47(38)57-48(39)40/h1-31H/i4D,5D,17D,18D,24D,25D. The monoisotopic (exact) mass is 751 g/mol. The Balaban J connectivity index is 1.20. The van der Waals surface area contributed by atoms with Gasteiger partial charge in [-0.2, -0.15) is 9.97 Å². The molecule has 0 N–H and O–H groups in total. The Kier molecular flexibility index (Phi) is 5.82. The van der Waals surface area contributed by atoms with Crippen molar-refractivity contribution >= 4 is 75.1 Å². The molecule has 0 saturated heterocycles. The van der Waals surface area contributed by atoms with Gasteiger partial charge in [0.1, 0.15) is 0 Å². The Bertz CT molecular complexity index is 3770. The molecule has 4 heterocycles. The lowest BCUT2D eigenvalue weighted by molar-refractivity contribution is 0.953. The molecular formula is C51H31N5S. The largest absolute Gasteiger partial charge is 0.309 e.